The van der Waals surface area contributed by atoms with Gasteiger partial charge in [-0.15, -0.1) is 0 Å². The molecule has 1 N–H and O–H groups in total. The summed E-state index contributed by atoms with van der Waals surface area (Å²) in [7, 11) is 5.82. The highest BCUT2D eigenvalue weighted by Gasteiger charge is 2.55. The van der Waals surface area contributed by atoms with Crippen molar-refractivity contribution in [3.05, 3.63) is 35.4 Å². The van der Waals surface area contributed by atoms with Crippen molar-refractivity contribution < 1.29 is 33.3 Å². The molecule has 1 saturated heterocycles. The minimum Gasteiger partial charge on any atom is -0.495 e. The first kappa shape index (κ1) is 24.1. The SMILES string of the molecule is COc1cc(OC)c(NC(=O)CN2N=N[C@@H]3C(=O)N(c4ccc(OC)c(OC)c4)C(=O)[C@H]32)cc1Cl. The summed E-state index contributed by atoms with van der Waals surface area (Å²) in [5.74, 6) is -0.128. The van der Waals surface area contributed by atoms with Crippen molar-refractivity contribution in [1.82, 2.24) is 5.01 Å². The van der Waals surface area contributed by atoms with Gasteiger partial charge in [0.15, 0.2) is 23.6 Å². The summed E-state index contributed by atoms with van der Waals surface area (Å²) in [6, 6.07) is 5.56. The Morgan fingerprint density at radius 2 is 1.63 bits per heavy atom. The summed E-state index contributed by atoms with van der Waals surface area (Å²) in [4.78, 5) is 39.9. The van der Waals surface area contributed by atoms with Gasteiger partial charge in [0.1, 0.15) is 18.0 Å². The topological polar surface area (TPSA) is 131 Å². The number of methoxy groups -OCH3 is 4. The van der Waals surface area contributed by atoms with E-state index in [-0.39, 0.29) is 11.6 Å². The quantitative estimate of drug-likeness (QED) is 0.543. The van der Waals surface area contributed by atoms with Crippen LogP contribution in [-0.4, -0.2) is 69.8 Å². The van der Waals surface area contributed by atoms with Gasteiger partial charge in [0.2, 0.25) is 5.91 Å². The Morgan fingerprint density at radius 3 is 2.29 bits per heavy atom. The van der Waals surface area contributed by atoms with Gasteiger partial charge in [-0.1, -0.05) is 16.8 Å². The van der Waals surface area contributed by atoms with Crippen LogP contribution in [0.15, 0.2) is 40.7 Å². The highest BCUT2D eigenvalue weighted by Crippen LogP contribution is 2.38. The molecular weight excluding hydrogens is 482 g/mol. The molecule has 0 aliphatic carbocycles. The fourth-order valence-corrected chi connectivity index (χ4v) is 4.11. The molecule has 2 aliphatic heterocycles. The maximum absolute atomic E-state index is 13.2. The van der Waals surface area contributed by atoms with Crippen LogP contribution in [0.2, 0.25) is 5.02 Å². The van der Waals surface area contributed by atoms with Gasteiger partial charge in [-0.05, 0) is 18.2 Å². The molecule has 1 fully saturated rings. The summed E-state index contributed by atoms with van der Waals surface area (Å²) < 4.78 is 20.9. The normalized spacial score (nSPS) is 18.5. The Balaban J connectivity index is 1.51. The standard InChI is InChI=1S/C22H22ClN5O7/c1-32-14-6-5-11(7-17(14)35-4)28-21(30)19-20(22(28)31)27(26-25-19)10-18(29)24-13-8-12(23)15(33-2)9-16(13)34-3/h5-9,19-20H,10H2,1-4H3,(H,24,29)/t19-,20-/m0/s1. The van der Waals surface area contributed by atoms with Crippen LogP contribution < -0.4 is 29.2 Å². The van der Waals surface area contributed by atoms with Crippen LogP contribution in [0.3, 0.4) is 0 Å². The molecule has 2 aliphatic rings. The Labute approximate surface area is 205 Å². The number of benzene rings is 2. The van der Waals surface area contributed by atoms with Crippen molar-refractivity contribution in [3.63, 3.8) is 0 Å². The fourth-order valence-electron chi connectivity index (χ4n) is 3.87. The van der Waals surface area contributed by atoms with Crippen LogP contribution >= 0.6 is 11.6 Å². The Hall–Kier alpha value is -4.06. The molecule has 0 bridgehead atoms. The molecule has 2 aromatic carbocycles. The first-order valence-electron chi connectivity index (χ1n) is 10.3. The molecule has 2 aromatic rings. The number of anilines is 2. The van der Waals surface area contributed by atoms with Crippen molar-refractivity contribution in [1.29, 1.82) is 0 Å². The molecule has 0 radical (unpaired) electrons. The van der Waals surface area contributed by atoms with Gasteiger partial charge in [-0.25, -0.2) is 4.90 Å². The molecule has 0 spiro atoms. The minimum absolute atomic E-state index is 0.270. The van der Waals surface area contributed by atoms with E-state index in [1.165, 1.54) is 51.6 Å². The summed E-state index contributed by atoms with van der Waals surface area (Å²) >= 11 is 6.16. The lowest BCUT2D eigenvalue weighted by molar-refractivity contribution is -0.123. The summed E-state index contributed by atoms with van der Waals surface area (Å²) in [5, 5.41) is 11.9. The fraction of sp³-hybridized carbons (Fsp3) is 0.318. The van der Waals surface area contributed by atoms with Crippen LogP contribution in [0.4, 0.5) is 11.4 Å². The third-order valence-electron chi connectivity index (χ3n) is 5.54. The van der Waals surface area contributed by atoms with E-state index in [0.29, 0.717) is 34.4 Å². The molecule has 4 rings (SSSR count). The van der Waals surface area contributed by atoms with Crippen LogP contribution in [-0.2, 0) is 14.4 Å². The second-order valence-corrected chi connectivity index (χ2v) is 7.89. The number of carbonyl (C=O) groups excluding carboxylic acids is 3. The monoisotopic (exact) mass is 503 g/mol. The third-order valence-corrected chi connectivity index (χ3v) is 5.83. The zero-order valence-electron chi connectivity index (χ0n) is 19.3. The molecule has 0 saturated carbocycles. The van der Waals surface area contributed by atoms with E-state index >= 15 is 0 Å². The van der Waals surface area contributed by atoms with Gasteiger partial charge >= 0.3 is 0 Å². The highest BCUT2D eigenvalue weighted by atomic mass is 35.5. The zero-order chi connectivity index (χ0) is 25.3. The summed E-state index contributed by atoms with van der Waals surface area (Å²) in [6.45, 7) is -0.337. The van der Waals surface area contributed by atoms with E-state index in [1.54, 1.807) is 12.1 Å². The lowest BCUT2D eigenvalue weighted by atomic mass is 10.1. The number of hydrogen-bond donors (Lipinski definition) is 1. The van der Waals surface area contributed by atoms with Crippen molar-refractivity contribution in [2.45, 2.75) is 12.1 Å². The van der Waals surface area contributed by atoms with Crippen molar-refractivity contribution in [2.75, 3.05) is 45.2 Å². The van der Waals surface area contributed by atoms with Crippen LogP contribution in [0.1, 0.15) is 0 Å². The predicted octanol–water partition coefficient (Wildman–Crippen LogP) is 2.31. The average molecular weight is 504 g/mol. The number of hydrogen-bond acceptors (Lipinski definition) is 10. The number of fused-ring (bicyclic) bond motifs is 1. The Bertz CT molecular complexity index is 1220. The molecule has 13 heteroatoms. The minimum atomic E-state index is -1.06. The first-order chi connectivity index (χ1) is 16.8. The third kappa shape index (κ3) is 4.28. The number of carbonyl (C=O) groups is 3. The molecule has 3 amide bonds. The molecule has 0 aromatic heterocycles. The maximum atomic E-state index is 13.2. The van der Waals surface area contributed by atoms with Crippen LogP contribution in [0.5, 0.6) is 23.0 Å². The largest absolute Gasteiger partial charge is 0.495 e. The lowest BCUT2D eigenvalue weighted by Gasteiger charge is -2.21. The first-order valence-corrected chi connectivity index (χ1v) is 10.7. The molecule has 12 nitrogen and oxygen atoms in total. The highest BCUT2D eigenvalue weighted by molar-refractivity contribution is 6.32. The number of nitrogens with zero attached hydrogens (tertiary/aromatic N) is 4. The van der Waals surface area contributed by atoms with Crippen molar-refractivity contribution in [2.24, 2.45) is 10.3 Å². The summed E-state index contributed by atoms with van der Waals surface area (Å²) in [6.07, 6.45) is 0. The molecule has 2 atom stereocenters. The average Bonchev–Trinajstić information content (AvgIpc) is 3.37. The number of rotatable bonds is 8. The molecule has 184 valence electrons. The number of amides is 3. The number of nitrogens with one attached hydrogen (secondary N) is 1. The van der Waals surface area contributed by atoms with Crippen LogP contribution in [0.25, 0.3) is 0 Å². The van der Waals surface area contributed by atoms with E-state index < -0.39 is 29.8 Å². The van der Waals surface area contributed by atoms with E-state index in [4.69, 9.17) is 30.5 Å². The number of imide groups is 1. The molecule has 2 heterocycles. The Morgan fingerprint density at radius 1 is 0.943 bits per heavy atom. The Kier molecular flexibility index (Phi) is 6.65. The number of halogens is 1. The molecule has 0 unspecified atom stereocenters. The molecular formula is C22H22ClN5O7. The summed E-state index contributed by atoms with van der Waals surface area (Å²) in [5.41, 5.74) is 0.598. The van der Waals surface area contributed by atoms with E-state index in [9.17, 15) is 14.4 Å². The van der Waals surface area contributed by atoms with E-state index in [2.05, 4.69) is 15.7 Å². The van der Waals surface area contributed by atoms with E-state index in [1.807, 2.05) is 0 Å². The van der Waals surface area contributed by atoms with Gasteiger partial charge in [-0.3, -0.25) is 19.4 Å². The molecule has 35 heavy (non-hydrogen) atoms. The second kappa shape index (κ2) is 9.66. The van der Waals surface area contributed by atoms with Gasteiger partial charge in [0.05, 0.1) is 44.8 Å². The smallest absolute Gasteiger partial charge is 0.263 e. The van der Waals surface area contributed by atoms with Crippen molar-refractivity contribution >= 4 is 40.7 Å². The lowest BCUT2D eigenvalue weighted by Crippen LogP contribution is -2.43. The number of ether oxygens (including phenoxy) is 4. The van der Waals surface area contributed by atoms with Gasteiger partial charge in [-0.2, -0.15) is 5.11 Å². The van der Waals surface area contributed by atoms with Gasteiger partial charge < -0.3 is 24.3 Å². The van der Waals surface area contributed by atoms with E-state index in [0.717, 1.165) is 4.90 Å². The van der Waals surface area contributed by atoms with Gasteiger partial charge in [0.25, 0.3) is 11.8 Å². The second-order valence-electron chi connectivity index (χ2n) is 7.48. The predicted molar refractivity (Wildman–Crippen MR) is 124 cm³/mol. The van der Waals surface area contributed by atoms with Crippen molar-refractivity contribution in [3.8, 4) is 23.0 Å². The zero-order valence-corrected chi connectivity index (χ0v) is 20.0. The van der Waals surface area contributed by atoms with Crippen LogP contribution in [0, 0.1) is 0 Å². The van der Waals surface area contributed by atoms with Gasteiger partial charge in [0, 0.05) is 12.1 Å². The maximum Gasteiger partial charge on any atom is 0.263 e.